The van der Waals surface area contributed by atoms with E-state index in [1.54, 1.807) is 22.8 Å². The number of nitrogens with one attached hydrogen (secondary N) is 1. The van der Waals surface area contributed by atoms with Gasteiger partial charge in [-0.1, -0.05) is 19.9 Å². The van der Waals surface area contributed by atoms with E-state index in [0.717, 1.165) is 17.7 Å². The molecule has 0 bridgehead atoms. The maximum Gasteiger partial charge on any atom is 0.260 e. The van der Waals surface area contributed by atoms with Crippen LogP contribution < -0.4 is 14.8 Å². The van der Waals surface area contributed by atoms with Crippen LogP contribution in [0.5, 0.6) is 11.5 Å². The number of carbonyl (C=O) groups excluding carboxylic acids is 2. The maximum atomic E-state index is 13.2. The molecule has 10 nitrogen and oxygen atoms in total. The summed E-state index contributed by atoms with van der Waals surface area (Å²) in [6.07, 6.45) is 2.70. The number of hydrogen-bond donors (Lipinski definition) is 1. The monoisotopic (exact) mass is 467 g/mol. The number of fused-ring (bicyclic) bond motifs is 1. The van der Waals surface area contributed by atoms with Gasteiger partial charge in [-0.05, 0) is 29.5 Å². The van der Waals surface area contributed by atoms with E-state index < -0.39 is 6.04 Å². The summed E-state index contributed by atoms with van der Waals surface area (Å²) in [5.41, 5.74) is 2.30. The molecule has 2 aromatic rings. The van der Waals surface area contributed by atoms with Crippen LogP contribution in [-0.4, -0.2) is 71.4 Å². The fraction of sp³-hybridized carbons (Fsp3) is 0.500. The Kier molecular flexibility index (Phi) is 5.76. The van der Waals surface area contributed by atoms with Crippen molar-refractivity contribution >= 4 is 17.6 Å². The lowest BCUT2D eigenvalue weighted by Crippen LogP contribution is -2.43. The van der Waals surface area contributed by atoms with E-state index in [4.69, 9.17) is 14.2 Å². The fourth-order valence-electron chi connectivity index (χ4n) is 4.87. The molecule has 2 aliphatic heterocycles. The highest BCUT2D eigenvalue weighted by Crippen LogP contribution is 2.46. The number of Topliss-reactive ketones (excluding diaryl/α,β-unsaturated/α-hetero) is 1. The van der Waals surface area contributed by atoms with Crippen molar-refractivity contribution in [1.29, 1.82) is 0 Å². The molecule has 1 aromatic heterocycles. The number of ketones is 1. The molecule has 5 rings (SSSR count). The topological polar surface area (TPSA) is 108 Å². The Labute approximate surface area is 197 Å². The Balaban J connectivity index is 1.43. The number of methoxy groups -OCH3 is 1. The number of amides is 1. The van der Waals surface area contributed by atoms with Crippen molar-refractivity contribution in [3.05, 3.63) is 41.4 Å². The standard InChI is InChI=1S/C24H29N5O5/c1-24(2)11-16-21(17(30)12-24)22(29-23(27-16)25-14-26-29)15-4-5-18(19(10-15)32-3)34-13-20(31)28-6-8-33-9-7-28/h4-5,10,14,22H,6-9,11-13H2,1-3H3,(H,25,26,27)/t22-/m1/s1. The van der Waals surface area contributed by atoms with Crippen molar-refractivity contribution in [3.8, 4) is 11.5 Å². The smallest absolute Gasteiger partial charge is 0.260 e. The molecule has 1 fully saturated rings. The van der Waals surface area contributed by atoms with E-state index in [1.807, 2.05) is 12.1 Å². The van der Waals surface area contributed by atoms with Crippen LogP contribution in [0.25, 0.3) is 0 Å². The van der Waals surface area contributed by atoms with E-state index in [0.29, 0.717) is 55.7 Å². The fourth-order valence-corrected chi connectivity index (χ4v) is 4.87. The molecular weight excluding hydrogens is 438 g/mol. The summed E-state index contributed by atoms with van der Waals surface area (Å²) in [6, 6.07) is 5.08. The molecule has 0 saturated carbocycles. The van der Waals surface area contributed by atoms with Gasteiger partial charge in [0.15, 0.2) is 23.9 Å². The van der Waals surface area contributed by atoms with Crippen molar-refractivity contribution in [1.82, 2.24) is 19.7 Å². The van der Waals surface area contributed by atoms with E-state index in [-0.39, 0.29) is 23.7 Å². The number of benzene rings is 1. The first-order valence-electron chi connectivity index (χ1n) is 11.5. The van der Waals surface area contributed by atoms with Crippen LogP contribution in [0.3, 0.4) is 0 Å². The Morgan fingerprint density at radius 1 is 1.24 bits per heavy atom. The summed E-state index contributed by atoms with van der Waals surface area (Å²) in [5, 5.41) is 7.70. The minimum atomic E-state index is -0.421. The van der Waals surface area contributed by atoms with E-state index >= 15 is 0 Å². The quantitative estimate of drug-likeness (QED) is 0.713. The van der Waals surface area contributed by atoms with E-state index in [9.17, 15) is 9.59 Å². The van der Waals surface area contributed by atoms with Gasteiger partial charge in [0.2, 0.25) is 5.95 Å². The van der Waals surface area contributed by atoms with Gasteiger partial charge in [-0.15, -0.1) is 0 Å². The molecular formula is C24H29N5O5. The van der Waals surface area contributed by atoms with Crippen LogP contribution in [0.15, 0.2) is 35.8 Å². The molecule has 10 heteroatoms. The Morgan fingerprint density at radius 3 is 2.79 bits per heavy atom. The number of carbonyl (C=O) groups is 2. The third kappa shape index (κ3) is 4.13. The molecule has 1 aliphatic carbocycles. The second-order valence-corrected chi connectivity index (χ2v) is 9.58. The summed E-state index contributed by atoms with van der Waals surface area (Å²) < 4.78 is 18.4. The first-order chi connectivity index (χ1) is 16.4. The van der Waals surface area contributed by atoms with Crippen LogP contribution in [0.1, 0.15) is 38.3 Å². The van der Waals surface area contributed by atoms with Gasteiger partial charge in [-0.2, -0.15) is 10.1 Å². The zero-order chi connectivity index (χ0) is 23.9. The Hall–Kier alpha value is -3.40. The average Bonchev–Trinajstić information content (AvgIpc) is 3.29. The second kappa shape index (κ2) is 8.75. The van der Waals surface area contributed by atoms with Crippen LogP contribution in [0, 0.1) is 5.41 Å². The molecule has 1 amide bonds. The number of morpholine rings is 1. The molecule has 1 atom stereocenters. The van der Waals surface area contributed by atoms with Gasteiger partial charge in [0, 0.05) is 30.8 Å². The number of rotatable bonds is 5. The summed E-state index contributed by atoms with van der Waals surface area (Å²) >= 11 is 0. The Morgan fingerprint density at radius 2 is 2.03 bits per heavy atom. The van der Waals surface area contributed by atoms with Crippen LogP contribution >= 0.6 is 0 Å². The average molecular weight is 468 g/mol. The molecule has 1 saturated heterocycles. The molecule has 1 aromatic carbocycles. The highest BCUT2D eigenvalue weighted by atomic mass is 16.5. The lowest BCUT2D eigenvalue weighted by atomic mass is 9.73. The largest absolute Gasteiger partial charge is 0.493 e. The third-order valence-corrected chi connectivity index (χ3v) is 6.49. The van der Waals surface area contributed by atoms with E-state index in [2.05, 4.69) is 29.2 Å². The van der Waals surface area contributed by atoms with Gasteiger partial charge < -0.3 is 24.4 Å². The molecule has 0 spiro atoms. The number of allylic oxidation sites excluding steroid dienone is 2. The maximum absolute atomic E-state index is 13.2. The van der Waals surface area contributed by atoms with Crippen molar-refractivity contribution in [2.24, 2.45) is 5.41 Å². The normalized spacial score (nSPS) is 21.4. The Bertz CT molecular complexity index is 1150. The SMILES string of the molecule is COc1cc([C@@H]2C3=C(CC(C)(C)CC3=O)Nc3ncnn32)ccc1OCC(=O)N1CCOCC1. The predicted molar refractivity (Wildman–Crippen MR) is 123 cm³/mol. The minimum absolute atomic E-state index is 0.0842. The van der Waals surface area contributed by atoms with Crippen LogP contribution in [0.4, 0.5) is 5.95 Å². The number of nitrogens with zero attached hydrogens (tertiary/aromatic N) is 4. The van der Waals surface area contributed by atoms with Crippen molar-refractivity contribution in [2.75, 3.05) is 45.3 Å². The van der Waals surface area contributed by atoms with Crippen LogP contribution in [0.2, 0.25) is 0 Å². The van der Waals surface area contributed by atoms with Gasteiger partial charge in [0.05, 0.1) is 20.3 Å². The number of ether oxygens (including phenoxy) is 3. The molecule has 180 valence electrons. The van der Waals surface area contributed by atoms with Crippen LogP contribution in [-0.2, 0) is 14.3 Å². The zero-order valence-corrected chi connectivity index (χ0v) is 19.7. The predicted octanol–water partition coefficient (Wildman–Crippen LogP) is 2.18. The molecule has 0 unspecified atom stereocenters. The van der Waals surface area contributed by atoms with Crippen molar-refractivity contribution in [2.45, 2.75) is 32.7 Å². The number of anilines is 1. The summed E-state index contributed by atoms with van der Waals surface area (Å²) in [6.45, 7) is 6.32. The minimum Gasteiger partial charge on any atom is -0.493 e. The summed E-state index contributed by atoms with van der Waals surface area (Å²) in [7, 11) is 1.55. The number of aromatic nitrogens is 3. The van der Waals surface area contributed by atoms with Gasteiger partial charge >= 0.3 is 0 Å². The third-order valence-electron chi connectivity index (χ3n) is 6.49. The molecule has 1 N–H and O–H groups in total. The highest BCUT2D eigenvalue weighted by Gasteiger charge is 2.41. The summed E-state index contributed by atoms with van der Waals surface area (Å²) in [5.74, 6) is 1.55. The summed E-state index contributed by atoms with van der Waals surface area (Å²) in [4.78, 5) is 31.8. The van der Waals surface area contributed by atoms with Gasteiger partial charge in [0.25, 0.3) is 5.91 Å². The van der Waals surface area contributed by atoms with Crippen molar-refractivity contribution in [3.63, 3.8) is 0 Å². The van der Waals surface area contributed by atoms with Gasteiger partial charge in [0.1, 0.15) is 12.4 Å². The lowest BCUT2D eigenvalue weighted by Gasteiger charge is -2.38. The zero-order valence-electron chi connectivity index (χ0n) is 19.7. The first-order valence-corrected chi connectivity index (χ1v) is 11.5. The highest BCUT2D eigenvalue weighted by molar-refractivity contribution is 6.00. The molecule has 3 aliphatic rings. The van der Waals surface area contributed by atoms with E-state index in [1.165, 1.54) is 6.33 Å². The second-order valence-electron chi connectivity index (χ2n) is 9.58. The lowest BCUT2D eigenvalue weighted by molar-refractivity contribution is -0.137. The van der Waals surface area contributed by atoms with Gasteiger partial charge in [-0.25, -0.2) is 4.68 Å². The van der Waals surface area contributed by atoms with Crippen molar-refractivity contribution < 1.29 is 23.8 Å². The molecule has 34 heavy (non-hydrogen) atoms. The molecule has 0 radical (unpaired) electrons. The first kappa shape index (κ1) is 22.4. The van der Waals surface area contributed by atoms with Gasteiger partial charge in [-0.3, -0.25) is 9.59 Å². The molecule has 3 heterocycles. The number of hydrogen-bond acceptors (Lipinski definition) is 8.